The molecule has 10 nitrogen and oxygen atoms in total. The SMILES string of the molecule is COCCCn1cc(CCCC(=O)NCCC(=O)NC(CO)COC(C)C)nn1. The fraction of sp³-hybridized carbons (Fsp3) is 0.789. The van der Waals surface area contributed by atoms with Crippen molar-refractivity contribution >= 4 is 11.8 Å². The first-order valence-corrected chi connectivity index (χ1v) is 10.1. The highest BCUT2D eigenvalue weighted by Crippen LogP contribution is 2.02. The molecule has 0 aliphatic rings. The van der Waals surface area contributed by atoms with Crippen LogP contribution >= 0.6 is 0 Å². The van der Waals surface area contributed by atoms with Gasteiger partial charge in [0.25, 0.3) is 0 Å². The summed E-state index contributed by atoms with van der Waals surface area (Å²) >= 11 is 0. The molecule has 0 aliphatic heterocycles. The molecular weight excluding hydrogens is 378 g/mol. The number of ether oxygens (including phenoxy) is 2. The maximum Gasteiger partial charge on any atom is 0.222 e. The van der Waals surface area contributed by atoms with Crippen molar-refractivity contribution in [3.05, 3.63) is 11.9 Å². The van der Waals surface area contributed by atoms with Gasteiger partial charge in [0, 0.05) is 45.8 Å². The summed E-state index contributed by atoms with van der Waals surface area (Å²) in [5, 5.41) is 22.8. The number of hydrogen-bond acceptors (Lipinski definition) is 7. The summed E-state index contributed by atoms with van der Waals surface area (Å²) in [5.41, 5.74) is 0.855. The standard InChI is InChI=1S/C19H35N5O5/c1-15(2)29-14-17(13-25)21-19(27)8-9-20-18(26)7-4-6-16-12-24(23-22-16)10-5-11-28-3/h12,15,17,25H,4-11,13-14H2,1-3H3,(H,20,26)(H,21,27). The number of rotatable bonds is 16. The highest BCUT2D eigenvalue weighted by molar-refractivity contribution is 5.79. The van der Waals surface area contributed by atoms with Crippen molar-refractivity contribution in [2.24, 2.45) is 0 Å². The van der Waals surface area contributed by atoms with Crippen LogP contribution in [0.5, 0.6) is 0 Å². The molecule has 1 aromatic rings. The van der Waals surface area contributed by atoms with Crippen LogP contribution in [0.1, 0.15) is 45.2 Å². The van der Waals surface area contributed by atoms with Gasteiger partial charge in [-0.2, -0.15) is 0 Å². The van der Waals surface area contributed by atoms with Crippen LogP contribution in [-0.4, -0.2) is 77.5 Å². The lowest BCUT2D eigenvalue weighted by molar-refractivity contribution is -0.123. The van der Waals surface area contributed by atoms with Gasteiger partial charge in [0.2, 0.25) is 11.8 Å². The van der Waals surface area contributed by atoms with Gasteiger partial charge in [-0.15, -0.1) is 5.10 Å². The van der Waals surface area contributed by atoms with E-state index < -0.39 is 6.04 Å². The van der Waals surface area contributed by atoms with Crippen LogP contribution < -0.4 is 10.6 Å². The minimum Gasteiger partial charge on any atom is -0.394 e. The Labute approximate surface area is 172 Å². The van der Waals surface area contributed by atoms with Crippen LogP contribution in [0.2, 0.25) is 0 Å². The van der Waals surface area contributed by atoms with Crippen LogP contribution in [0.3, 0.4) is 0 Å². The molecule has 2 amide bonds. The zero-order valence-electron chi connectivity index (χ0n) is 17.7. The molecule has 0 bridgehead atoms. The van der Waals surface area contributed by atoms with E-state index in [0.29, 0.717) is 25.9 Å². The molecule has 10 heteroatoms. The monoisotopic (exact) mass is 413 g/mol. The maximum absolute atomic E-state index is 11.9. The molecular formula is C19H35N5O5. The van der Waals surface area contributed by atoms with E-state index in [4.69, 9.17) is 9.47 Å². The number of hydrogen-bond donors (Lipinski definition) is 3. The number of nitrogens with one attached hydrogen (secondary N) is 2. The number of nitrogens with zero attached hydrogens (tertiary/aromatic N) is 3. The largest absolute Gasteiger partial charge is 0.394 e. The Kier molecular flexibility index (Phi) is 12.8. The van der Waals surface area contributed by atoms with E-state index >= 15 is 0 Å². The number of carbonyl (C=O) groups excluding carboxylic acids is 2. The highest BCUT2D eigenvalue weighted by Gasteiger charge is 2.12. The Hall–Kier alpha value is -2.04. The number of amides is 2. The molecule has 3 N–H and O–H groups in total. The first kappa shape index (κ1) is 25.0. The summed E-state index contributed by atoms with van der Waals surface area (Å²) in [6.45, 7) is 5.52. The number of aryl methyl sites for hydroxylation is 2. The molecule has 0 saturated heterocycles. The van der Waals surface area contributed by atoms with E-state index in [-0.39, 0.29) is 44.1 Å². The van der Waals surface area contributed by atoms with Crippen molar-refractivity contribution in [3.8, 4) is 0 Å². The zero-order valence-corrected chi connectivity index (χ0v) is 17.7. The van der Waals surface area contributed by atoms with Crippen molar-refractivity contribution in [1.29, 1.82) is 0 Å². The van der Waals surface area contributed by atoms with Gasteiger partial charge in [0.15, 0.2) is 0 Å². The number of aliphatic hydroxyl groups is 1. The quantitative estimate of drug-likeness (QED) is 0.327. The third-order valence-corrected chi connectivity index (χ3v) is 4.05. The fourth-order valence-corrected chi connectivity index (χ4v) is 2.52. The molecule has 1 aromatic heterocycles. The van der Waals surface area contributed by atoms with Crippen LogP contribution in [-0.2, 0) is 32.0 Å². The summed E-state index contributed by atoms with van der Waals surface area (Å²) in [7, 11) is 1.67. The van der Waals surface area contributed by atoms with Crippen LogP contribution in [0.25, 0.3) is 0 Å². The number of methoxy groups -OCH3 is 1. The van der Waals surface area contributed by atoms with Gasteiger partial charge in [-0.3, -0.25) is 14.3 Å². The molecule has 0 fully saturated rings. The zero-order chi connectivity index (χ0) is 21.5. The third kappa shape index (κ3) is 12.2. The molecule has 0 saturated carbocycles. The lowest BCUT2D eigenvalue weighted by atomic mass is 10.2. The molecule has 0 aliphatic carbocycles. The highest BCUT2D eigenvalue weighted by atomic mass is 16.5. The second-order valence-electron chi connectivity index (χ2n) is 7.10. The summed E-state index contributed by atoms with van der Waals surface area (Å²) in [6.07, 6.45) is 4.64. The van der Waals surface area contributed by atoms with E-state index in [2.05, 4.69) is 20.9 Å². The molecule has 0 aromatic carbocycles. The van der Waals surface area contributed by atoms with E-state index in [0.717, 1.165) is 18.7 Å². The normalized spacial score (nSPS) is 12.2. The van der Waals surface area contributed by atoms with E-state index in [1.165, 1.54) is 0 Å². The molecule has 1 rings (SSSR count). The Balaban J connectivity index is 2.13. The maximum atomic E-state index is 11.9. The topological polar surface area (TPSA) is 128 Å². The molecule has 166 valence electrons. The summed E-state index contributed by atoms with van der Waals surface area (Å²) in [5.74, 6) is -0.339. The molecule has 1 heterocycles. The average Bonchev–Trinajstić information content (AvgIpc) is 3.12. The van der Waals surface area contributed by atoms with Crippen molar-refractivity contribution in [3.63, 3.8) is 0 Å². The van der Waals surface area contributed by atoms with Gasteiger partial charge in [0.1, 0.15) is 0 Å². The van der Waals surface area contributed by atoms with Gasteiger partial charge in [-0.05, 0) is 33.1 Å². The molecule has 0 spiro atoms. The predicted molar refractivity (Wildman–Crippen MR) is 107 cm³/mol. The first-order chi connectivity index (χ1) is 13.9. The van der Waals surface area contributed by atoms with Crippen LogP contribution in [0.15, 0.2) is 6.20 Å². The lowest BCUT2D eigenvalue weighted by Crippen LogP contribution is -2.42. The van der Waals surface area contributed by atoms with Gasteiger partial charge >= 0.3 is 0 Å². The molecule has 0 radical (unpaired) electrons. The second-order valence-corrected chi connectivity index (χ2v) is 7.10. The Morgan fingerprint density at radius 3 is 2.72 bits per heavy atom. The smallest absolute Gasteiger partial charge is 0.222 e. The number of carbonyl (C=O) groups is 2. The van der Waals surface area contributed by atoms with Crippen molar-refractivity contribution < 1.29 is 24.2 Å². The van der Waals surface area contributed by atoms with E-state index in [1.807, 2.05) is 20.0 Å². The molecule has 1 unspecified atom stereocenters. The van der Waals surface area contributed by atoms with E-state index in [9.17, 15) is 14.7 Å². The third-order valence-electron chi connectivity index (χ3n) is 4.05. The van der Waals surface area contributed by atoms with Crippen molar-refractivity contribution in [1.82, 2.24) is 25.6 Å². The average molecular weight is 414 g/mol. The minimum absolute atomic E-state index is 0.0282. The fourth-order valence-electron chi connectivity index (χ4n) is 2.52. The predicted octanol–water partition coefficient (Wildman–Crippen LogP) is 0.0457. The van der Waals surface area contributed by atoms with Gasteiger partial charge in [-0.1, -0.05) is 5.21 Å². The number of aromatic nitrogens is 3. The summed E-state index contributed by atoms with van der Waals surface area (Å²) in [4.78, 5) is 23.8. The Morgan fingerprint density at radius 1 is 1.24 bits per heavy atom. The Bertz CT molecular complexity index is 593. The number of aliphatic hydroxyl groups excluding tert-OH is 1. The minimum atomic E-state index is -0.441. The lowest BCUT2D eigenvalue weighted by Gasteiger charge is -2.18. The molecule has 29 heavy (non-hydrogen) atoms. The Morgan fingerprint density at radius 2 is 2.03 bits per heavy atom. The van der Waals surface area contributed by atoms with E-state index in [1.54, 1.807) is 11.8 Å². The van der Waals surface area contributed by atoms with Crippen LogP contribution in [0, 0.1) is 0 Å². The molecule has 1 atom stereocenters. The van der Waals surface area contributed by atoms with Crippen molar-refractivity contribution in [2.75, 3.05) is 33.5 Å². The summed E-state index contributed by atoms with van der Waals surface area (Å²) < 4.78 is 12.2. The van der Waals surface area contributed by atoms with Crippen LogP contribution in [0.4, 0.5) is 0 Å². The summed E-state index contributed by atoms with van der Waals surface area (Å²) in [6, 6.07) is -0.441. The van der Waals surface area contributed by atoms with Crippen molar-refractivity contribution in [2.45, 2.75) is 64.6 Å². The van der Waals surface area contributed by atoms with Gasteiger partial charge in [-0.25, -0.2) is 0 Å². The van der Waals surface area contributed by atoms with Gasteiger partial charge < -0.3 is 25.2 Å². The second kappa shape index (κ2) is 14.9. The van der Waals surface area contributed by atoms with Gasteiger partial charge in [0.05, 0.1) is 31.1 Å². The first-order valence-electron chi connectivity index (χ1n) is 10.1.